The number of benzene rings is 6. The molecule has 0 saturated carbocycles. The predicted octanol–water partition coefficient (Wildman–Crippen LogP) is 16.9. The quantitative estimate of drug-likeness (QED) is 0.0271. The SMILES string of the molecule is CN1CCC(c2ccc(C(=O)Nc3n[nH]c4ccc(S(=O)(=O)Cc5cc(Cl)ccc5Cl)nc34)c(NC3CCOCC3)c2)CC1.CN1CCC(c2ccc(C(=O)Nc3n[nH]c4ccc(S(=O)Cc5cc(Cl)ccc5Cl)nc34)c(NC3CCOCC3)c2)CC1.CN1CCN(c2ccc(C(=O)Nc3n[nH]c4ccc(S(=O)(=O)Cc5cc(Cl)ccc5Cl)nc34)c(NC3CCOCC3)c2)CC1. The third-order valence-corrected chi connectivity index (χ3v) is 30.7. The second-order valence-electron chi connectivity index (χ2n) is 33.8. The summed E-state index contributed by atoms with van der Waals surface area (Å²) >= 11 is 37.0. The number of hydrogen-bond acceptors (Lipinski definition) is 24. The molecule has 131 heavy (non-hydrogen) atoms. The van der Waals surface area contributed by atoms with E-state index in [1.807, 2.05) is 36.4 Å². The van der Waals surface area contributed by atoms with Crippen molar-refractivity contribution < 1.29 is 49.6 Å². The molecule has 3 amide bonds. The summed E-state index contributed by atoms with van der Waals surface area (Å²) in [5.74, 6) is -0.231. The first kappa shape index (κ1) is 94.5. The number of piperidine rings is 2. The Balaban J connectivity index is 0.000000144. The zero-order chi connectivity index (χ0) is 91.6. The van der Waals surface area contributed by atoms with E-state index >= 15 is 0 Å². The number of likely N-dealkylation sites (N-methyl/N-ethyl adjacent to an activating group) is 1. The summed E-state index contributed by atoms with van der Waals surface area (Å²) in [4.78, 5) is 63.9. The zero-order valence-corrected chi connectivity index (χ0v) is 79.3. The van der Waals surface area contributed by atoms with Crippen LogP contribution in [-0.4, -0.2) is 230 Å². The van der Waals surface area contributed by atoms with Gasteiger partial charge in [0, 0.05) is 137 Å². The maximum Gasteiger partial charge on any atom is 0.259 e. The van der Waals surface area contributed by atoms with Gasteiger partial charge in [-0.1, -0.05) is 81.7 Å². The van der Waals surface area contributed by atoms with Crippen molar-refractivity contribution in [3.63, 3.8) is 0 Å². The van der Waals surface area contributed by atoms with Gasteiger partial charge in [0.05, 0.1) is 61.3 Å². The van der Waals surface area contributed by atoms with Gasteiger partial charge >= 0.3 is 0 Å². The number of fused-ring (bicyclic) bond motifs is 3. The third kappa shape index (κ3) is 23.8. The Kier molecular flexibility index (Phi) is 30.8. The average Bonchev–Trinajstić information content (AvgIpc) is 1.79. The molecular formula is C92H101Cl6N19O11S3. The first-order valence-electron chi connectivity index (χ1n) is 43.6. The van der Waals surface area contributed by atoms with Gasteiger partial charge in [-0.15, -0.1) is 0 Å². The number of nitrogens with zero attached hydrogens (tertiary/aromatic N) is 10. The number of nitrogens with one attached hydrogen (secondary N) is 9. The Labute approximate surface area is 791 Å². The lowest BCUT2D eigenvalue weighted by atomic mass is 9.88. The molecule has 9 N–H and O–H groups in total. The first-order valence-corrected chi connectivity index (χ1v) is 50.5. The van der Waals surface area contributed by atoms with E-state index in [0.717, 1.165) is 139 Å². The van der Waals surface area contributed by atoms with E-state index in [1.165, 1.54) is 35.4 Å². The monoisotopic (exact) mass is 1950 g/mol. The second kappa shape index (κ2) is 42.7. The van der Waals surface area contributed by atoms with Gasteiger partial charge in [-0.2, -0.15) is 15.3 Å². The predicted molar refractivity (Wildman–Crippen MR) is 517 cm³/mol. The number of anilines is 7. The summed E-state index contributed by atoms with van der Waals surface area (Å²) < 4.78 is 83.0. The van der Waals surface area contributed by atoms with Crippen LogP contribution in [0.5, 0.6) is 0 Å². The lowest BCUT2D eigenvalue weighted by Gasteiger charge is -2.34. The van der Waals surface area contributed by atoms with Gasteiger partial charge in [-0.3, -0.25) is 33.9 Å². The van der Waals surface area contributed by atoms with Crippen LogP contribution in [0.15, 0.2) is 161 Å². The van der Waals surface area contributed by atoms with Gasteiger partial charge in [-0.05, 0) is 285 Å². The van der Waals surface area contributed by atoms with Crippen LogP contribution in [0.4, 0.5) is 40.2 Å². The van der Waals surface area contributed by atoms with E-state index in [4.69, 9.17) is 83.8 Å². The molecule has 6 fully saturated rings. The fourth-order valence-electron chi connectivity index (χ4n) is 16.9. The molecule has 1 unspecified atom stereocenters. The van der Waals surface area contributed by atoms with Gasteiger partial charge in [0.25, 0.3) is 17.7 Å². The van der Waals surface area contributed by atoms with Crippen molar-refractivity contribution in [2.75, 3.05) is 150 Å². The molecule has 6 aromatic heterocycles. The van der Waals surface area contributed by atoms with Crippen LogP contribution in [0.3, 0.4) is 0 Å². The molecular weight excluding hydrogens is 1860 g/mol. The fourth-order valence-corrected chi connectivity index (χ4v) is 21.9. The Morgan fingerprint density at radius 3 is 1.16 bits per heavy atom. The topological polar surface area (TPSA) is 374 Å². The van der Waals surface area contributed by atoms with E-state index in [-0.39, 0.29) is 85.7 Å². The molecule has 39 heteroatoms. The molecule has 6 aliphatic rings. The molecule has 1 atom stereocenters. The number of hydrogen-bond donors (Lipinski definition) is 9. The molecule has 12 aromatic rings. The van der Waals surface area contributed by atoms with Crippen molar-refractivity contribution in [1.29, 1.82) is 0 Å². The van der Waals surface area contributed by atoms with E-state index in [1.54, 1.807) is 66.7 Å². The Morgan fingerprint density at radius 2 is 0.756 bits per heavy atom. The number of sulfone groups is 2. The van der Waals surface area contributed by atoms with Crippen LogP contribution in [0, 0.1) is 0 Å². The van der Waals surface area contributed by atoms with Crippen molar-refractivity contribution in [2.24, 2.45) is 0 Å². The molecule has 0 spiro atoms. The van der Waals surface area contributed by atoms with Crippen molar-refractivity contribution in [1.82, 2.24) is 60.2 Å². The summed E-state index contributed by atoms with van der Waals surface area (Å²) in [6, 6.07) is 42.3. The number of aromatic amines is 3. The summed E-state index contributed by atoms with van der Waals surface area (Å²) in [5.41, 5.74) is 11.2. The molecule has 0 aliphatic carbocycles. The van der Waals surface area contributed by atoms with Crippen molar-refractivity contribution in [2.45, 2.75) is 127 Å². The second-order valence-corrected chi connectivity index (χ2v) is 41.6. The number of likely N-dealkylation sites (tertiary alicyclic amines) is 2. The van der Waals surface area contributed by atoms with Gasteiger partial charge < -0.3 is 65.7 Å². The molecule has 6 aromatic carbocycles. The maximum atomic E-state index is 13.7. The number of halogens is 6. The maximum absolute atomic E-state index is 13.7. The summed E-state index contributed by atoms with van der Waals surface area (Å²) in [6.07, 6.45) is 9.47. The highest BCUT2D eigenvalue weighted by molar-refractivity contribution is 7.90. The normalized spacial score (nSPS) is 17.2. The van der Waals surface area contributed by atoms with Crippen LogP contribution < -0.4 is 36.8 Å². The number of piperazine rings is 1. The average molecular weight is 1960 g/mol. The highest BCUT2D eigenvalue weighted by atomic mass is 35.5. The first-order chi connectivity index (χ1) is 63.2. The molecule has 0 bridgehead atoms. The Hall–Kier alpha value is -9.66. The molecule has 690 valence electrons. The van der Waals surface area contributed by atoms with Crippen LogP contribution in [0.25, 0.3) is 33.1 Å². The number of carbonyl (C=O) groups excluding carboxylic acids is 3. The highest BCUT2D eigenvalue weighted by Crippen LogP contribution is 2.39. The smallest absolute Gasteiger partial charge is 0.259 e. The van der Waals surface area contributed by atoms with Crippen LogP contribution >= 0.6 is 69.6 Å². The summed E-state index contributed by atoms with van der Waals surface area (Å²) in [5, 5.41) is 43.2. The van der Waals surface area contributed by atoms with E-state index in [2.05, 4.69) is 136 Å². The number of ether oxygens (including phenoxy) is 3. The number of carbonyl (C=O) groups is 3. The standard InChI is InChI=1S/C31H34Cl2N6O4S.C31H34Cl2N6O3S.C30H33Cl2N7O4S/c1-39-12-8-19(9-13-39)20-2-4-24(27(17-20)34-23-10-14-43-15-11-23)31(40)36-30-29-26(37-38-30)6-7-28(35-29)44(41,42)18-21-16-22(32)3-5-25(21)33;1-39-12-8-19(9-13-39)20-2-4-24(27(17-20)34-23-10-14-42-15-11-23)31(40)36-30-29-26(37-38-30)6-7-28(35-29)43(41)18-21-16-22(32)3-5-25(21)33;1-38-10-12-39(13-11-38)22-3-4-23(26(17-22)33-21-8-14-43-15-9-21)30(40)35-29-28-25(36-37-29)6-7-27(34-28)44(41,42)18-19-16-20(31)2-5-24(19)32/h2-7,16-17,19,23,34H,8-15,18H2,1H3,(H2,36,37,38,40);2-7,16-17,19,23,34H,8-15,18H2,1H3,(H2,36,37,38,40);2-7,16-17,21,33H,8-15,18H2,1H3,(H2,35,36,37,40). The molecule has 0 radical (unpaired) electrons. The number of aromatic nitrogens is 9. The van der Waals surface area contributed by atoms with E-state index < -0.39 is 36.4 Å². The van der Waals surface area contributed by atoms with Crippen molar-refractivity contribution >= 4 is 191 Å². The summed E-state index contributed by atoms with van der Waals surface area (Å²) in [6.45, 7) is 12.0. The van der Waals surface area contributed by atoms with Gasteiger partial charge in [0.1, 0.15) is 21.6 Å². The Morgan fingerprint density at radius 1 is 0.405 bits per heavy atom. The largest absolute Gasteiger partial charge is 0.381 e. The van der Waals surface area contributed by atoms with Gasteiger partial charge in [0.15, 0.2) is 47.2 Å². The number of rotatable bonds is 24. The number of amides is 3. The minimum Gasteiger partial charge on any atom is -0.381 e. The fraction of sp³-hybridized carbons (Fsp3) is 0.380. The lowest BCUT2D eigenvalue weighted by molar-refractivity contribution is 0.0902. The van der Waals surface area contributed by atoms with Gasteiger partial charge in [0.2, 0.25) is 0 Å². The highest BCUT2D eigenvalue weighted by Gasteiger charge is 2.31. The van der Waals surface area contributed by atoms with E-state index in [0.29, 0.717) is 142 Å². The number of H-pyrrole nitrogens is 3. The zero-order valence-electron chi connectivity index (χ0n) is 72.3. The molecule has 6 aliphatic heterocycles. The molecule has 30 nitrogen and oxygen atoms in total. The van der Waals surface area contributed by atoms with Crippen molar-refractivity contribution in [3.8, 4) is 0 Å². The number of pyridine rings is 3. The summed E-state index contributed by atoms with van der Waals surface area (Å²) in [7, 11) is -2.87. The molecule has 6 saturated heterocycles. The molecule has 12 heterocycles. The minimum absolute atomic E-state index is 0.128. The minimum atomic E-state index is -3.90. The van der Waals surface area contributed by atoms with E-state index in [9.17, 15) is 35.4 Å². The lowest BCUT2D eigenvalue weighted by Crippen LogP contribution is -2.44. The van der Waals surface area contributed by atoms with Crippen molar-refractivity contribution in [3.05, 3.63) is 220 Å². The van der Waals surface area contributed by atoms with Crippen LogP contribution in [0.1, 0.15) is 135 Å². The van der Waals surface area contributed by atoms with Crippen LogP contribution in [0.2, 0.25) is 30.1 Å². The van der Waals surface area contributed by atoms with Gasteiger partial charge in [-0.25, -0.2) is 31.8 Å². The third-order valence-electron chi connectivity index (χ3n) is 24.5. The Bertz CT molecular complexity index is 6170. The van der Waals surface area contributed by atoms with Crippen LogP contribution in [-0.2, 0) is 61.9 Å². The molecule has 18 rings (SSSR count).